The number of hydrogen-bond acceptors (Lipinski definition) is 2. The van der Waals surface area contributed by atoms with Crippen molar-refractivity contribution in [1.82, 2.24) is 5.32 Å². The van der Waals surface area contributed by atoms with Crippen molar-refractivity contribution < 1.29 is 18.0 Å². The molecule has 1 heterocycles. The van der Waals surface area contributed by atoms with E-state index in [4.69, 9.17) is 0 Å². The molecule has 1 aliphatic heterocycles. The number of nitrogens with one attached hydrogen (secondary N) is 2. The van der Waals surface area contributed by atoms with Crippen LogP contribution in [0.25, 0.3) is 0 Å². The van der Waals surface area contributed by atoms with Gasteiger partial charge in [0.25, 0.3) is 0 Å². The van der Waals surface area contributed by atoms with E-state index in [1.165, 1.54) is 0 Å². The van der Waals surface area contributed by atoms with Crippen molar-refractivity contribution in [3.8, 4) is 0 Å². The van der Waals surface area contributed by atoms with Gasteiger partial charge >= 0.3 is 0 Å². The number of carbonyl (C=O) groups excluding carboxylic acids is 1. The molecule has 19 heavy (non-hydrogen) atoms. The molecule has 1 fully saturated rings. The number of rotatable bonds is 2. The average molecular weight is 295 g/mol. The largest absolute Gasteiger partial charge is 0.325 e. The van der Waals surface area contributed by atoms with Crippen molar-refractivity contribution in [2.75, 3.05) is 11.9 Å². The van der Waals surface area contributed by atoms with Gasteiger partial charge in [0.15, 0.2) is 17.5 Å². The number of amides is 1. The van der Waals surface area contributed by atoms with Crippen molar-refractivity contribution in [1.29, 1.82) is 0 Å². The molecule has 1 aromatic rings. The van der Waals surface area contributed by atoms with Crippen LogP contribution in [-0.4, -0.2) is 18.5 Å². The minimum Gasteiger partial charge on any atom is -0.325 e. The Bertz CT molecular complexity index is 441. The fourth-order valence-corrected chi connectivity index (χ4v) is 1.93. The molecular weight excluding hydrogens is 281 g/mol. The van der Waals surface area contributed by atoms with E-state index in [0.29, 0.717) is 6.42 Å². The lowest BCUT2D eigenvalue weighted by Crippen LogP contribution is -2.43. The zero-order valence-electron chi connectivity index (χ0n) is 10.0. The highest BCUT2D eigenvalue weighted by Crippen LogP contribution is 2.18. The van der Waals surface area contributed by atoms with E-state index in [1.54, 1.807) is 0 Å². The zero-order chi connectivity index (χ0) is 13.1. The van der Waals surface area contributed by atoms with Crippen LogP contribution in [0, 0.1) is 17.5 Å². The molecule has 1 atom stereocenters. The summed E-state index contributed by atoms with van der Waals surface area (Å²) in [5.41, 5.74) is -0.0798. The molecule has 0 aromatic heterocycles. The Labute approximate surface area is 115 Å². The molecule has 2 N–H and O–H groups in total. The van der Waals surface area contributed by atoms with E-state index >= 15 is 0 Å². The molecule has 1 aromatic carbocycles. The van der Waals surface area contributed by atoms with Gasteiger partial charge in [-0.1, -0.05) is 6.42 Å². The maximum absolute atomic E-state index is 13.0. The molecule has 2 rings (SSSR count). The van der Waals surface area contributed by atoms with E-state index in [-0.39, 0.29) is 30.0 Å². The Hall–Kier alpha value is -1.27. The number of halogens is 4. The molecule has 1 amide bonds. The predicted molar refractivity (Wildman–Crippen MR) is 67.8 cm³/mol. The van der Waals surface area contributed by atoms with Crippen LogP contribution in [0.15, 0.2) is 12.1 Å². The Balaban J connectivity index is 0.00000180. The van der Waals surface area contributed by atoms with Gasteiger partial charge in [-0.3, -0.25) is 4.79 Å². The highest BCUT2D eigenvalue weighted by Gasteiger charge is 2.21. The molecular formula is C12H14ClF3N2O. The summed E-state index contributed by atoms with van der Waals surface area (Å²) in [6, 6.07) is 1.16. The maximum atomic E-state index is 13.0. The minimum atomic E-state index is -1.54. The molecule has 106 valence electrons. The molecule has 0 bridgehead atoms. The summed E-state index contributed by atoms with van der Waals surface area (Å²) in [6.07, 6.45) is 2.61. The van der Waals surface area contributed by atoms with Crippen molar-refractivity contribution >= 4 is 24.0 Å². The van der Waals surface area contributed by atoms with Gasteiger partial charge in [-0.05, 0) is 19.4 Å². The minimum absolute atomic E-state index is 0. The van der Waals surface area contributed by atoms with Gasteiger partial charge in [0.05, 0.1) is 6.04 Å². The Morgan fingerprint density at radius 3 is 2.37 bits per heavy atom. The van der Waals surface area contributed by atoms with Gasteiger partial charge in [-0.15, -0.1) is 12.4 Å². The van der Waals surface area contributed by atoms with Crippen LogP contribution in [0.3, 0.4) is 0 Å². The highest BCUT2D eigenvalue weighted by atomic mass is 35.5. The van der Waals surface area contributed by atoms with Crippen molar-refractivity contribution in [2.24, 2.45) is 0 Å². The molecule has 0 saturated carbocycles. The number of anilines is 1. The lowest BCUT2D eigenvalue weighted by molar-refractivity contribution is -0.118. The Kier molecular flexibility index (Phi) is 5.62. The van der Waals surface area contributed by atoms with Crippen LogP contribution in [0.4, 0.5) is 18.9 Å². The first-order valence-corrected chi connectivity index (χ1v) is 5.76. The smallest absolute Gasteiger partial charge is 0.241 e. The maximum Gasteiger partial charge on any atom is 0.241 e. The molecule has 1 aliphatic rings. The third kappa shape index (κ3) is 3.84. The second kappa shape index (κ2) is 6.77. The fraction of sp³-hybridized carbons (Fsp3) is 0.417. The van der Waals surface area contributed by atoms with Gasteiger partial charge in [0.1, 0.15) is 0 Å². The summed E-state index contributed by atoms with van der Waals surface area (Å²) in [5, 5.41) is 5.38. The second-order valence-electron chi connectivity index (χ2n) is 4.25. The third-order valence-electron chi connectivity index (χ3n) is 2.88. The zero-order valence-corrected chi connectivity index (χ0v) is 10.8. The molecule has 7 heteroatoms. The van der Waals surface area contributed by atoms with E-state index in [1.807, 2.05) is 0 Å². The number of benzene rings is 1. The van der Waals surface area contributed by atoms with Crippen molar-refractivity contribution in [3.05, 3.63) is 29.6 Å². The molecule has 1 saturated heterocycles. The summed E-state index contributed by atoms with van der Waals surface area (Å²) in [4.78, 5) is 11.8. The molecule has 0 radical (unpaired) electrons. The first kappa shape index (κ1) is 15.8. The van der Waals surface area contributed by atoms with Crippen molar-refractivity contribution in [2.45, 2.75) is 25.3 Å². The average Bonchev–Trinajstić information content (AvgIpc) is 2.37. The molecule has 0 aliphatic carbocycles. The Morgan fingerprint density at radius 2 is 1.84 bits per heavy atom. The van der Waals surface area contributed by atoms with E-state index < -0.39 is 17.5 Å². The van der Waals surface area contributed by atoms with Gasteiger partial charge in [-0.2, -0.15) is 0 Å². The van der Waals surface area contributed by atoms with Crippen LogP contribution in [0.1, 0.15) is 19.3 Å². The fourth-order valence-electron chi connectivity index (χ4n) is 1.93. The predicted octanol–water partition coefficient (Wildman–Crippen LogP) is 2.61. The van der Waals surface area contributed by atoms with Gasteiger partial charge in [0.2, 0.25) is 5.91 Å². The Morgan fingerprint density at radius 1 is 1.21 bits per heavy atom. The summed E-state index contributed by atoms with van der Waals surface area (Å²) >= 11 is 0. The highest BCUT2D eigenvalue weighted by molar-refractivity contribution is 5.94. The van der Waals surface area contributed by atoms with Crippen LogP contribution in [-0.2, 0) is 4.79 Å². The molecule has 0 unspecified atom stereocenters. The number of carbonyl (C=O) groups is 1. The number of piperidine rings is 1. The molecule has 3 nitrogen and oxygen atoms in total. The summed E-state index contributed by atoms with van der Waals surface area (Å²) in [5.74, 6) is -4.53. The van der Waals surface area contributed by atoms with Crippen LogP contribution in [0.5, 0.6) is 0 Å². The lowest BCUT2D eigenvalue weighted by Gasteiger charge is -2.22. The van der Waals surface area contributed by atoms with Crippen LogP contribution < -0.4 is 10.6 Å². The van der Waals surface area contributed by atoms with Gasteiger partial charge in [-0.25, -0.2) is 13.2 Å². The SMILES string of the molecule is Cl.O=C(Nc1cc(F)c(F)c(F)c1)[C@@H]1CCCCN1. The quantitative estimate of drug-likeness (QED) is 0.823. The summed E-state index contributed by atoms with van der Waals surface area (Å²) < 4.78 is 38.6. The number of hydrogen-bond donors (Lipinski definition) is 2. The van der Waals surface area contributed by atoms with Gasteiger partial charge in [0, 0.05) is 17.8 Å². The first-order chi connectivity index (χ1) is 8.58. The lowest BCUT2D eigenvalue weighted by atomic mass is 10.0. The summed E-state index contributed by atoms with van der Waals surface area (Å²) in [7, 11) is 0. The van der Waals surface area contributed by atoms with Crippen molar-refractivity contribution in [3.63, 3.8) is 0 Å². The summed E-state index contributed by atoms with van der Waals surface area (Å²) in [6.45, 7) is 0.740. The third-order valence-corrected chi connectivity index (χ3v) is 2.88. The standard InChI is InChI=1S/C12H13F3N2O.ClH/c13-8-5-7(6-9(14)11(8)15)17-12(18)10-3-1-2-4-16-10;/h5-6,10,16H,1-4H2,(H,17,18);1H/t10-;/m0./s1. The molecule has 0 spiro atoms. The topological polar surface area (TPSA) is 41.1 Å². The van der Waals surface area contributed by atoms with Crippen LogP contribution >= 0.6 is 12.4 Å². The monoisotopic (exact) mass is 294 g/mol. The van der Waals surface area contributed by atoms with E-state index in [0.717, 1.165) is 31.5 Å². The second-order valence-corrected chi connectivity index (χ2v) is 4.25. The van der Waals surface area contributed by atoms with Crippen LogP contribution in [0.2, 0.25) is 0 Å². The van der Waals surface area contributed by atoms with E-state index in [2.05, 4.69) is 10.6 Å². The normalized spacial score (nSPS) is 18.6. The first-order valence-electron chi connectivity index (χ1n) is 5.76. The van der Waals surface area contributed by atoms with E-state index in [9.17, 15) is 18.0 Å². The van der Waals surface area contributed by atoms with Gasteiger partial charge < -0.3 is 10.6 Å².